The van der Waals surface area contributed by atoms with Crippen LogP contribution < -0.4 is 0 Å². The second-order valence-electron chi connectivity index (χ2n) is 6.04. The Hall–Kier alpha value is -0.330. The molecule has 2 rings (SSSR count). The van der Waals surface area contributed by atoms with Gasteiger partial charge in [-0.05, 0) is 26.7 Å². The minimum absolute atomic E-state index is 0.0424. The van der Waals surface area contributed by atoms with Gasteiger partial charge < -0.3 is 10.2 Å². The molecule has 0 bridgehead atoms. The highest BCUT2D eigenvalue weighted by atomic mass is 35.5. The maximum Gasteiger partial charge on any atom is 0.137 e. The van der Waals surface area contributed by atoms with Crippen LogP contribution in [0.25, 0.3) is 0 Å². The highest BCUT2D eigenvalue weighted by Gasteiger charge is 2.58. The average molecular weight is 355 g/mol. The second-order valence-corrected chi connectivity index (χ2v) is 7.60. The zero-order valence-electron chi connectivity index (χ0n) is 11.9. The lowest BCUT2D eigenvalue weighted by atomic mass is 9.91. The van der Waals surface area contributed by atoms with Crippen molar-refractivity contribution in [1.29, 1.82) is 0 Å². The van der Waals surface area contributed by atoms with Gasteiger partial charge in [0.2, 0.25) is 0 Å². The molecule has 5 nitrogen and oxygen atoms in total. The van der Waals surface area contributed by atoms with Gasteiger partial charge in [-0.15, -0.1) is 11.6 Å². The summed E-state index contributed by atoms with van der Waals surface area (Å²) in [4.78, 5) is 3.09. The lowest BCUT2D eigenvalue weighted by Gasteiger charge is -2.33. The largest absolute Gasteiger partial charge is 0.386 e. The summed E-state index contributed by atoms with van der Waals surface area (Å²) < 4.78 is 1.50. The van der Waals surface area contributed by atoms with Crippen molar-refractivity contribution in [2.45, 2.75) is 55.7 Å². The SMILES string of the molecule is CC(C)(O)/C(Cl)=C(\Cl)CC(O)(Cn1cncn1)C1(Cl)CC1. The quantitative estimate of drug-likeness (QED) is 0.770. The first-order valence-electron chi connectivity index (χ1n) is 6.58. The van der Waals surface area contributed by atoms with Crippen LogP contribution in [0.2, 0.25) is 0 Å². The topological polar surface area (TPSA) is 71.2 Å². The average Bonchev–Trinajstić information content (AvgIpc) is 2.93. The van der Waals surface area contributed by atoms with Gasteiger partial charge in [0, 0.05) is 11.5 Å². The molecule has 0 saturated heterocycles. The van der Waals surface area contributed by atoms with Gasteiger partial charge in [-0.3, -0.25) is 0 Å². The molecule has 1 aromatic heterocycles. The third kappa shape index (κ3) is 3.71. The Kier molecular flexibility index (Phi) is 4.63. The molecule has 118 valence electrons. The van der Waals surface area contributed by atoms with Gasteiger partial charge in [-0.1, -0.05) is 23.2 Å². The normalized spacial score (nSPS) is 21.7. The van der Waals surface area contributed by atoms with Gasteiger partial charge in [-0.25, -0.2) is 9.67 Å². The van der Waals surface area contributed by atoms with Crippen molar-refractivity contribution in [1.82, 2.24) is 14.8 Å². The molecule has 1 aromatic rings. The van der Waals surface area contributed by atoms with Gasteiger partial charge in [0.1, 0.15) is 18.3 Å². The molecule has 0 radical (unpaired) electrons. The van der Waals surface area contributed by atoms with Crippen LogP contribution in [0.5, 0.6) is 0 Å². The van der Waals surface area contributed by atoms with E-state index >= 15 is 0 Å². The Labute approximate surface area is 138 Å². The van der Waals surface area contributed by atoms with Crippen LogP contribution in [0.3, 0.4) is 0 Å². The summed E-state index contributed by atoms with van der Waals surface area (Å²) >= 11 is 18.7. The van der Waals surface area contributed by atoms with Crippen molar-refractivity contribution in [2.75, 3.05) is 0 Å². The maximum atomic E-state index is 11.0. The van der Waals surface area contributed by atoms with Crippen molar-refractivity contribution < 1.29 is 10.2 Å². The molecule has 0 spiro atoms. The predicted molar refractivity (Wildman–Crippen MR) is 82.4 cm³/mol. The molecule has 2 N–H and O–H groups in total. The minimum Gasteiger partial charge on any atom is -0.386 e. The van der Waals surface area contributed by atoms with E-state index in [0.717, 1.165) is 0 Å². The van der Waals surface area contributed by atoms with Crippen molar-refractivity contribution in [3.63, 3.8) is 0 Å². The molecule has 1 atom stereocenters. The molecule has 1 aliphatic rings. The van der Waals surface area contributed by atoms with Crippen LogP contribution in [0.1, 0.15) is 33.1 Å². The fourth-order valence-electron chi connectivity index (χ4n) is 2.18. The number of aromatic nitrogens is 3. The van der Waals surface area contributed by atoms with Gasteiger partial charge in [0.05, 0.1) is 22.1 Å². The smallest absolute Gasteiger partial charge is 0.137 e. The highest BCUT2D eigenvalue weighted by Crippen LogP contribution is 2.54. The first-order chi connectivity index (χ1) is 9.57. The summed E-state index contributed by atoms with van der Waals surface area (Å²) in [7, 11) is 0. The summed E-state index contributed by atoms with van der Waals surface area (Å²) in [5.41, 5.74) is -2.58. The van der Waals surface area contributed by atoms with Crippen molar-refractivity contribution >= 4 is 34.8 Å². The van der Waals surface area contributed by atoms with Crippen LogP contribution in [0.4, 0.5) is 0 Å². The number of alkyl halides is 1. The minimum atomic E-state index is -1.31. The first-order valence-corrected chi connectivity index (χ1v) is 7.71. The van der Waals surface area contributed by atoms with E-state index in [1.807, 2.05) is 0 Å². The summed E-state index contributed by atoms with van der Waals surface area (Å²) in [6.07, 6.45) is 4.30. The number of aliphatic hydroxyl groups is 2. The number of nitrogens with zero attached hydrogens (tertiary/aromatic N) is 3. The molecule has 8 heteroatoms. The van der Waals surface area contributed by atoms with Crippen molar-refractivity contribution in [3.8, 4) is 0 Å². The Balaban J connectivity index is 2.26. The van der Waals surface area contributed by atoms with E-state index in [1.54, 1.807) is 0 Å². The molecule has 1 aliphatic carbocycles. The van der Waals surface area contributed by atoms with Gasteiger partial charge in [-0.2, -0.15) is 5.10 Å². The van der Waals surface area contributed by atoms with E-state index in [9.17, 15) is 10.2 Å². The zero-order chi connectivity index (χ0) is 15.9. The maximum absolute atomic E-state index is 11.0. The van der Waals surface area contributed by atoms with E-state index in [2.05, 4.69) is 10.1 Å². The summed E-state index contributed by atoms with van der Waals surface area (Å²) in [5.74, 6) is 0. The van der Waals surface area contributed by atoms with Crippen LogP contribution in [0.15, 0.2) is 22.7 Å². The molecule has 1 heterocycles. The van der Waals surface area contributed by atoms with E-state index in [-0.39, 0.29) is 23.0 Å². The number of rotatable bonds is 6. The van der Waals surface area contributed by atoms with Crippen molar-refractivity contribution in [3.05, 3.63) is 22.7 Å². The third-order valence-corrected chi connectivity index (χ3v) is 5.48. The molecule has 0 aromatic carbocycles. The molecule has 1 saturated carbocycles. The lowest BCUT2D eigenvalue weighted by molar-refractivity contribution is 0.00861. The molecule has 21 heavy (non-hydrogen) atoms. The van der Waals surface area contributed by atoms with Crippen LogP contribution in [0, 0.1) is 0 Å². The zero-order valence-corrected chi connectivity index (χ0v) is 14.1. The molecule has 1 unspecified atom stereocenters. The third-order valence-electron chi connectivity index (χ3n) is 3.64. The van der Waals surface area contributed by atoms with E-state index in [0.29, 0.717) is 12.8 Å². The summed E-state index contributed by atoms with van der Waals surface area (Å²) in [5, 5.41) is 25.2. The highest BCUT2D eigenvalue weighted by molar-refractivity contribution is 6.39. The van der Waals surface area contributed by atoms with Gasteiger partial charge in [0.15, 0.2) is 0 Å². The Morgan fingerprint density at radius 2 is 1.95 bits per heavy atom. The van der Waals surface area contributed by atoms with Crippen LogP contribution >= 0.6 is 34.8 Å². The molecular formula is C13H18Cl3N3O2. The Morgan fingerprint density at radius 1 is 1.33 bits per heavy atom. The van der Waals surface area contributed by atoms with E-state index in [1.165, 1.54) is 31.2 Å². The first kappa shape index (κ1) is 17.0. The summed E-state index contributed by atoms with van der Waals surface area (Å²) in [6, 6.07) is 0. The van der Waals surface area contributed by atoms with Gasteiger partial charge >= 0.3 is 0 Å². The molecule has 0 aliphatic heterocycles. The van der Waals surface area contributed by atoms with E-state index in [4.69, 9.17) is 34.8 Å². The standard InChI is InChI=1S/C13H18Cl3N3O2/c1-11(2,20)10(15)9(14)5-13(21,12(16)3-4-12)6-19-8-17-7-18-19/h7-8,20-21H,3-6H2,1-2H3/b10-9+. The molecular weight excluding hydrogens is 337 g/mol. The summed E-state index contributed by atoms with van der Waals surface area (Å²) in [6.45, 7) is 3.21. The monoisotopic (exact) mass is 353 g/mol. The van der Waals surface area contributed by atoms with Crippen LogP contribution in [-0.2, 0) is 6.54 Å². The lowest BCUT2D eigenvalue weighted by Crippen LogP contribution is -2.45. The number of halogens is 3. The van der Waals surface area contributed by atoms with Crippen LogP contribution in [-0.4, -0.2) is 41.1 Å². The number of hydrogen-bond acceptors (Lipinski definition) is 4. The Morgan fingerprint density at radius 3 is 2.38 bits per heavy atom. The fourth-order valence-corrected chi connectivity index (χ4v) is 2.92. The molecule has 0 amide bonds. The van der Waals surface area contributed by atoms with Crippen molar-refractivity contribution in [2.24, 2.45) is 0 Å². The van der Waals surface area contributed by atoms with E-state index < -0.39 is 16.1 Å². The predicted octanol–water partition coefficient (Wildman–Crippen LogP) is 2.63. The van der Waals surface area contributed by atoms with Gasteiger partial charge in [0.25, 0.3) is 0 Å². The fraction of sp³-hybridized carbons (Fsp3) is 0.692. The molecule has 1 fully saturated rings. The Bertz CT molecular complexity index is 535. The second kappa shape index (κ2) is 5.70. The number of hydrogen-bond donors (Lipinski definition) is 2.